The molecule has 2 fully saturated rings. The number of carbonyl (C=O) groups excluding carboxylic acids is 1. The number of amides is 1. The van der Waals surface area contributed by atoms with Crippen molar-refractivity contribution in [3.8, 4) is 0 Å². The van der Waals surface area contributed by atoms with Crippen LogP contribution in [-0.2, 0) is 11.3 Å². The molecule has 0 atom stereocenters. The van der Waals surface area contributed by atoms with E-state index in [-0.39, 0.29) is 11.6 Å². The third kappa shape index (κ3) is 2.13. The smallest absolute Gasteiger partial charge is 0.235 e. The van der Waals surface area contributed by atoms with Crippen LogP contribution in [0.15, 0.2) is 30.3 Å². The van der Waals surface area contributed by atoms with Gasteiger partial charge in [0.05, 0.1) is 12.2 Å². The molecule has 1 amide bonds. The Morgan fingerprint density at radius 1 is 1.17 bits per heavy atom. The van der Waals surface area contributed by atoms with E-state index in [1.165, 1.54) is 5.56 Å². The number of nitrogens with zero attached hydrogens (tertiary/aromatic N) is 1. The van der Waals surface area contributed by atoms with E-state index < -0.39 is 0 Å². The molecule has 2 aliphatic heterocycles. The maximum absolute atomic E-state index is 11.7. The fourth-order valence-electron chi connectivity index (χ4n) is 3.00. The van der Waals surface area contributed by atoms with Crippen LogP contribution in [0.5, 0.6) is 0 Å². The summed E-state index contributed by atoms with van der Waals surface area (Å²) in [5, 5.41) is 6.54. The van der Waals surface area contributed by atoms with Gasteiger partial charge in [0, 0.05) is 6.54 Å². The van der Waals surface area contributed by atoms with Crippen LogP contribution in [0.2, 0.25) is 0 Å². The standard InChI is InChI=1S/C14H19N3O/c18-13-11-17(10-12-4-2-1-3-5-12)14(16-13)6-8-15-9-7-14/h1-5,15H,6-11H2,(H,16,18). The maximum atomic E-state index is 11.7. The second-order valence-electron chi connectivity index (χ2n) is 5.17. The van der Waals surface area contributed by atoms with Crippen LogP contribution in [0, 0.1) is 0 Å². The lowest BCUT2D eigenvalue weighted by Crippen LogP contribution is -2.57. The van der Waals surface area contributed by atoms with E-state index in [0.717, 1.165) is 32.5 Å². The van der Waals surface area contributed by atoms with E-state index in [0.29, 0.717) is 6.54 Å². The first-order chi connectivity index (χ1) is 8.78. The highest BCUT2D eigenvalue weighted by Gasteiger charge is 2.44. The molecule has 2 saturated heterocycles. The zero-order valence-corrected chi connectivity index (χ0v) is 10.5. The number of hydrogen-bond donors (Lipinski definition) is 2. The molecule has 0 radical (unpaired) electrons. The first-order valence-electron chi connectivity index (χ1n) is 6.59. The van der Waals surface area contributed by atoms with Crippen LogP contribution in [0.3, 0.4) is 0 Å². The molecule has 2 heterocycles. The lowest BCUT2D eigenvalue weighted by Gasteiger charge is -2.41. The number of nitrogens with one attached hydrogen (secondary N) is 2. The number of rotatable bonds is 2. The van der Waals surface area contributed by atoms with Gasteiger partial charge in [-0.25, -0.2) is 0 Å². The van der Waals surface area contributed by atoms with Gasteiger partial charge >= 0.3 is 0 Å². The SMILES string of the molecule is O=C1CN(Cc2ccccc2)C2(CCNCC2)N1. The Bertz CT molecular complexity index is 426. The summed E-state index contributed by atoms with van der Waals surface area (Å²) in [6.45, 7) is 3.33. The summed E-state index contributed by atoms with van der Waals surface area (Å²) in [7, 11) is 0. The molecule has 0 aromatic heterocycles. The molecule has 4 heteroatoms. The number of piperidine rings is 1. The molecule has 1 aromatic carbocycles. The first kappa shape index (κ1) is 11.7. The molecule has 0 bridgehead atoms. The third-order valence-corrected chi connectivity index (χ3v) is 3.96. The first-order valence-corrected chi connectivity index (χ1v) is 6.59. The molecule has 3 rings (SSSR count). The van der Waals surface area contributed by atoms with Gasteiger partial charge in [-0.05, 0) is 31.5 Å². The summed E-state index contributed by atoms with van der Waals surface area (Å²) < 4.78 is 0. The van der Waals surface area contributed by atoms with E-state index in [9.17, 15) is 4.79 Å². The molecule has 18 heavy (non-hydrogen) atoms. The number of hydrogen-bond acceptors (Lipinski definition) is 3. The molecule has 0 unspecified atom stereocenters. The predicted octanol–water partition coefficient (Wildman–Crippen LogP) is 0.698. The molecule has 2 aliphatic rings. The van der Waals surface area contributed by atoms with Crippen molar-refractivity contribution in [2.75, 3.05) is 19.6 Å². The van der Waals surface area contributed by atoms with Crippen LogP contribution in [0.25, 0.3) is 0 Å². The average molecular weight is 245 g/mol. The molecular formula is C14H19N3O. The summed E-state index contributed by atoms with van der Waals surface area (Å²) in [4.78, 5) is 14.0. The fourth-order valence-corrected chi connectivity index (χ4v) is 3.00. The molecule has 0 saturated carbocycles. The molecule has 2 N–H and O–H groups in total. The monoisotopic (exact) mass is 245 g/mol. The Hall–Kier alpha value is -1.39. The van der Waals surface area contributed by atoms with Crippen molar-refractivity contribution >= 4 is 5.91 Å². The highest BCUT2D eigenvalue weighted by Crippen LogP contribution is 2.28. The fraction of sp³-hybridized carbons (Fsp3) is 0.500. The van der Waals surface area contributed by atoms with Gasteiger partial charge in [-0.1, -0.05) is 30.3 Å². The number of carbonyl (C=O) groups is 1. The second kappa shape index (κ2) is 4.71. The topological polar surface area (TPSA) is 44.4 Å². The summed E-state index contributed by atoms with van der Waals surface area (Å²) in [5.41, 5.74) is 1.16. The van der Waals surface area contributed by atoms with Crippen molar-refractivity contribution in [2.45, 2.75) is 25.0 Å². The lowest BCUT2D eigenvalue weighted by molar-refractivity contribution is -0.119. The summed E-state index contributed by atoms with van der Waals surface area (Å²) in [5.74, 6) is 0.160. The normalized spacial score (nSPS) is 23.2. The minimum Gasteiger partial charge on any atom is -0.337 e. The molecule has 1 aromatic rings. The van der Waals surface area contributed by atoms with Crippen molar-refractivity contribution in [2.24, 2.45) is 0 Å². The van der Waals surface area contributed by atoms with Crippen LogP contribution in [0.1, 0.15) is 18.4 Å². The second-order valence-corrected chi connectivity index (χ2v) is 5.17. The highest BCUT2D eigenvalue weighted by atomic mass is 16.2. The van der Waals surface area contributed by atoms with Crippen LogP contribution in [0.4, 0.5) is 0 Å². The van der Waals surface area contributed by atoms with Crippen molar-refractivity contribution in [3.63, 3.8) is 0 Å². The maximum Gasteiger partial charge on any atom is 0.235 e. The Kier molecular flexibility index (Phi) is 3.06. The van der Waals surface area contributed by atoms with Gasteiger partial charge in [0.1, 0.15) is 0 Å². The Morgan fingerprint density at radius 2 is 1.89 bits per heavy atom. The van der Waals surface area contributed by atoms with Gasteiger partial charge in [-0.2, -0.15) is 0 Å². The van der Waals surface area contributed by atoms with Crippen LogP contribution in [-0.4, -0.2) is 36.1 Å². The van der Waals surface area contributed by atoms with Crippen molar-refractivity contribution in [1.29, 1.82) is 0 Å². The van der Waals surface area contributed by atoms with Crippen molar-refractivity contribution in [3.05, 3.63) is 35.9 Å². The predicted molar refractivity (Wildman–Crippen MR) is 69.8 cm³/mol. The summed E-state index contributed by atoms with van der Waals surface area (Å²) in [6, 6.07) is 10.4. The van der Waals surface area contributed by atoms with E-state index in [2.05, 4.69) is 39.8 Å². The minimum absolute atomic E-state index is 0.113. The highest BCUT2D eigenvalue weighted by molar-refractivity contribution is 5.81. The van der Waals surface area contributed by atoms with Gasteiger partial charge < -0.3 is 10.6 Å². The molecule has 96 valence electrons. The average Bonchev–Trinajstić information content (AvgIpc) is 2.67. The van der Waals surface area contributed by atoms with E-state index >= 15 is 0 Å². The van der Waals surface area contributed by atoms with E-state index in [4.69, 9.17) is 0 Å². The third-order valence-electron chi connectivity index (χ3n) is 3.96. The van der Waals surface area contributed by atoms with Gasteiger partial charge in [-0.3, -0.25) is 9.69 Å². The minimum atomic E-state index is -0.113. The largest absolute Gasteiger partial charge is 0.337 e. The van der Waals surface area contributed by atoms with Crippen LogP contribution >= 0.6 is 0 Å². The Morgan fingerprint density at radius 3 is 2.61 bits per heavy atom. The molecule has 1 spiro atoms. The van der Waals surface area contributed by atoms with E-state index in [1.54, 1.807) is 0 Å². The van der Waals surface area contributed by atoms with Gasteiger partial charge in [-0.15, -0.1) is 0 Å². The van der Waals surface area contributed by atoms with E-state index in [1.807, 2.05) is 6.07 Å². The molecule has 4 nitrogen and oxygen atoms in total. The molecular weight excluding hydrogens is 226 g/mol. The van der Waals surface area contributed by atoms with Crippen molar-refractivity contribution in [1.82, 2.24) is 15.5 Å². The van der Waals surface area contributed by atoms with Crippen molar-refractivity contribution < 1.29 is 4.79 Å². The van der Waals surface area contributed by atoms with Gasteiger partial charge in [0.2, 0.25) is 5.91 Å². The quantitative estimate of drug-likeness (QED) is 0.806. The Balaban J connectivity index is 1.79. The van der Waals surface area contributed by atoms with Crippen LogP contribution < -0.4 is 10.6 Å². The zero-order valence-electron chi connectivity index (χ0n) is 10.5. The lowest BCUT2D eigenvalue weighted by atomic mass is 9.97. The molecule has 0 aliphatic carbocycles. The summed E-state index contributed by atoms with van der Waals surface area (Å²) in [6.07, 6.45) is 1.98. The summed E-state index contributed by atoms with van der Waals surface area (Å²) >= 11 is 0. The van der Waals surface area contributed by atoms with Gasteiger partial charge in [0.25, 0.3) is 0 Å². The zero-order chi connectivity index (χ0) is 12.4. The Labute approximate surface area is 107 Å². The van der Waals surface area contributed by atoms with Gasteiger partial charge in [0.15, 0.2) is 0 Å². The number of benzene rings is 1.